The second kappa shape index (κ2) is 5.62. The van der Waals surface area contributed by atoms with E-state index in [1.165, 1.54) is 25.8 Å². The van der Waals surface area contributed by atoms with Crippen LogP contribution in [0.5, 0.6) is 0 Å². The molecule has 2 aliphatic heterocycles. The number of carbonyl (C=O) groups is 1. The number of carboxylic acid groups (broad SMARTS) is 1. The van der Waals surface area contributed by atoms with E-state index >= 15 is 0 Å². The SMILES string of the molecule is O=C(O)c1ccc(NC2CCN3CCCCC23)cc1Cl. The Morgan fingerprint density at radius 2 is 2.15 bits per heavy atom. The quantitative estimate of drug-likeness (QED) is 0.899. The molecule has 2 saturated heterocycles. The van der Waals surface area contributed by atoms with Crippen LogP contribution in [0.15, 0.2) is 18.2 Å². The normalized spacial score (nSPS) is 26.2. The first-order valence-corrected chi connectivity index (χ1v) is 7.56. The van der Waals surface area contributed by atoms with Gasteiger partial charge in [0, 0.05) is 24.3 Å². The predicted octanol–water partition coefficient (Wildman–Crippen LogP) is 3.08. The first-order valence-electron chi connectivity index (χ1n) is 7.18. The van der Waals surface area contributed by atoms with Crippen molar-refractivity contribution in [1.29, 1.82) is 0 Å². The third kappa shape index (κ3) is 2.63. The van der Waals surface area contributed by atoms with Crippen LogP contribution in [0.3, 0.4) is 0 Å². The lowest BCUT2D eigenvalue weighted by molar-refractivity contribution is 0.0697. The van der Waals surface area contributed by atoms with Crippen LogP contribution in [-0.4, -0.2) is 41.1 Å². The third-order valence-corrected chi connectivity index (χ3v) is 4.72. The van der Waals surface area contributed by atoms with Gasteiger partial charge >= 0.3 is 5.97 Å². The maximum absolute atomic E-state index is 11.0. The fraction of sp³-hybridized carbons (Fsp3) is 0.533. The molecule has 2 N–H and O–H groups in total. The van der Waals surface area contributed by atoms with E-state index in [0.717, 1.165) is 18.7 Å². The van der Waals surface area contributed by atoms with Crippen LogP contribution in [0.25, 0.3) is 0 Å². The Balaban J connectivity index is 1.72. The summed E-state index contributed by atoms with van der Waals surface area (Å²) in [6.07, 6.45) is 5.00. The summed E-state index contributed by atoms with van der Waals surface area (Å²) < 4.78 is 0. The van der Waals surface area contributed by atoms with Crippen molar-refractivity contribution < 1.29 is 9.90 Å². The molecule has 2 aliphatic rings. The van der Waals surface area contributed by atoms with Crippen LogP contribution >= 0.6 is 11.6 Å². The van der Waals surface area contributed by atoms with Crippen LogP contribution in [0.4, 0.5) is 5.69 Å². The number of nitrogens with zero attached hydrogens (tertiary/aromatic N) is 1. The van der Waals surface area contributed by atoms with Gasteiger partial charge in [0.15, 0.2) is 0 Å². The van der Waals surface area contributed by atoms with Gasteiger partial charge in [-0.15, -0.1) is 0 Å². The van der Waals surface area contributed by atoms with Crippen LogP contribution in [-0.2, 0) is 0 Å². The molecule has 0 aromatic heterocycles. The van der Waals surface area contributed by atoms with Crippen LogP contribution in [0.2, 0.25) is 5.02 Å². The van der Waals surface area contributed by atoms with Gasteiger partial charge in [-0.1, -0.05) is 18.0 Å². The maximum atomic E-state index is 11.0. The molecule has 4 nitrogen and oxygen atoms in total. The molecule has 0 aliphatic carbocycles. The number of aromatic carboxylic acids is 1. The zero-order valence-electron chi connectivity index (χ0n) is 11.3. The van der Waals surface area contributed by atoms with Gasteiger partial charge in [0.1, 0.15) is 0 Å². The summed E-state index contributed by atoms with van der Waals surface area (Å²) >= 11 is 6.02. The molecule has 5 heteroatoms. The molecule has 3 rings (SSSR count). The minimum absolute atomic E-state index is 0.155. The number of benzene rings is 1. The maximum Gasteiger partial charge on any atom is 0.337 e. The number of halogens is 1. The molecule has 2 heterocycles. The Hall–Kier alpha value is -1.26. The van der Waals surface area contributed by atoms with Crippen LogP contribution in [0, 0.1) is 0 Å². The molecule has 1 aromatic carbocycles. The monoisotopic (exact) mass is 294 g/mol. The van der Waals surface area contributed by atoms with E-state index in [4.69, 9.17) is 16.7 Å². The molecule has 0 spiro atoms. The predicted molar refractivity (Wildman–Crippen MR) is 79.7 cm³/mol. The summed E-state index contributed by atoms with van der Waals surface area (Å²) in [6, 6.07) is 6.15. The fourth-order valence-electron chi connectivity index (χ4n) is 3.41. The molecule has 108 valence electrons. The summed E-state index contributed by atoms with van der Waals surface area (Å²) in [5.74, 6) is -0.985. The van der Waals surface area contributed by atoms with Crippen molar-refractivity contribution in [1.82, 2.24) is 4.90 Å². The van der Waals surface area contributed by atoms with E-state index in [9.17, 15) is 4.79 Å². The van der Waals surface area contributed by atoms with E-state index in [2.05, 4.69) is 10.2 Å². The van der Waals surface area contributed by atoms with Gasteiger partial charge in [0.2, 0.25) is 0 Å². The molecule has 2 atom stereocenters. The number of carboxylic acids is 1. The second-order valence-corrected chi connectivity index (χ2v) is 6.05. The molecule has 20 heavy (non-hydrogen) atoms. The molecule has 0 radical (unpaired) electrons. The fourth-order valence-corrected chi connectivity index (χ4v) is 3.67. The van der Waals surface area contributed by atoms with E-state index in [1.54, 1.807) is 18.2 Å². The average molecular weight is 295 g/mol. The van der Waals surface area contributed by atoms with Crippen molar-refractivity contribution in [3.05, 3.63) is 28.8 Å². The topological polar surface area (TPSA) is 52.6 Å². The summed E-state index contributed by atoms with van der Waals surface area (Å²) in [6.45, 7) is 2.37. The lowest BCUT2D eigenvalue weighted by Gasteiger charge is -2.33. The second-order valence-electron chi connectivity index (χ2n) is 5.64. The van der Waals surface area contributed by atoms with Gasteiger partial charge in [-0.3, -0.25) is 4.90 Å². The first-order chi connectivity index (χ1) is 9.65. The summed E-state index contributed by atoms with van der Waals surface area (Å²) in [5.41, 5.74) is 1.07. The summed E-state index contributed by atoms with van der Waals surface area (Å²) in [4.78, 5) is 13.5. The van der Waals surface area contributed by atoms with Crippen molar-refractivity contribution in [3.63, 3.8) is 0 Å². The minimum atomic E-state index is -0.985. The Labute approximate surface area is 123 Å². The highest BCUT2D eigenvalue weighted by atomic mass is 35.5. The van der Waals surface area contributed by atoms with Crippen LogP contribution in [0.1, 0.15) is 36.0 Å². The average Bonchev–Trinajstić information content (AvgIpc) is 2.82. The van der Waals surface area contributed by atoms with Crippen molar-refractivity contribution in [2.45, 2.75) is 37.8 Å². The number of rotatable bonds is 3. The van der Waals surface area contributed by atoms with Crippen LogP contribution < -0.4 is 5.32 Å². The number of anilines is 1. The molecular weight excluding hydrogens is 276 g/mol. The number of hydrogen-bond donors (Lipinski definition) is 2. The van der Waals surface area contributed by atoms with Gasteiger partial charge in [0.05, 0.1) is 10.6 Å². The lowest BCUT2D eigenvalue weighted by atomic mass is 9.99. The van der Waals surface area contributed by atoms with Crippen molar-refractivity contribution in [3.8, 4) is 0 Å². The molecular formula is C15H19ClN2O2. The highest BCUT2D eigenvalue weighted by Gasteiger charge is 2.35. The standard InChI is InChI=1S/C15H19ClN2O2/c16-12-9-10(4-5-11(12)15(19)20)17-13-6-8-18-7-2-1-3-14(13)18/h4-5,9,13-14,17H,1-3,6-8H2,(H,19,20). The third-order valence-electron chi connectivity index (χ3n) is 4.41. The Kier molecular flexibility index (Phi) is 3.85. The zero-order valence-corrected chi connectivity index (χ0v) is 12.1. The van der Waals surface area contributed by atoms with E-state index in [-0.39, 0.29) is 5.56 Å². The Morgan fingerprint density at radius 1 is 1.30 bits per heavy atom. The van der Waals surface area contributed by atoms with Gasteiger partial charge < -0.3 is 10.4 Å². The van der Waals surface area contributed by atoms with Crippen molar-refractivity contribution >= 4 is 23.3 Å². The number of piperidine rings is 1. The number of fused-ring (bicyclic) bond motifs is 1. The largest absolute Gasteiger partial charge is 0.478 e. The molecule has 2 unspecified atom stereocenters. The van der Waals surface area contributed by atoms with Gasteiger partial charge in [-0.25, -0.2) is 4.79 Å². The van der Waals surface area contributed by atoms with E-state index in [1.807, 2.05) is 0 Å². The summed E-state index contributed by atoms with van der Waals surface area (Å²) in [5, 5.41) is 12.8. The van der Waals surface area contributed by atoms with Crippen molar-refractivity contribution in [2.24, 2.45) is 0 Å². The molecule has 0 amide bonds. The first kappa shape index (κ1) is 13.7. The molecule has 2 fully saturated rings. The highest BCUT2D eigenvalue weighted by molar-refractivity contribution is 6.33. The van der Waals surface area contributed by atoms with E-state index < -0.39 is 5.97 Å². The van der Waals surface area contributed by atoms with Gasteiger partial charge in [0.25, 0.3) is 0 Å². The smallest absolute Gasteiger partial charge is 0.337 e. The molecule has 0 saturated carbocycles. The lowest BCUT2D eigenvalue weighted by Crippen LogP contribution is -2.41. The molecule has 1 aromatic rings. The Bertz CT molecular complexity index is 521. The minimum Gasteiger partial charge on any atom is -0.478 e. The zero-order chi connectivity index (χ0) is 14.1. The number of nitrogens with one attached hydrogen (secondary N) is 1. The van der Waals surface area contributed by atoms with Crippen molar-refractivity contribution in [2.75, 3.05) is 18.4 Å². The van der Waals surface area contributed by atoms with E-state index in [0.29, 0.717) is 17.1 Å². The van der Waals surface area contributed by atoms with Gasteiger partial charge in [-0.2, -0.15) is 0 Å². The number of hydrogen-bond acceptors (Lipinski definition) is 3. The highest BCUT2D eigenvalue weighted by Crippen LogP contribution is 2.30. The summed E-state index contributed by atoms with van der Waals surface area (Å²) in [7, 11) is 0. The Morgan fingerprint density at radius 3 is 2.90 bits per heavy atom. The molecule has 0 bridgehead atoms. The van der Waals surface area contributed by atoms with Gasteiger partial charge in [-0.05, 0) is 44.0 Å².